The Morgan fingerprint density at radius 1 is 1.11 bits per heavy atom. The van der Waals surface area contributed by atoms with Gasteiger partial charge in [0.05, 0.1) is 5.69 Å². The predicted molar refractivity (Wildman–Crippen MR) is 110 cm³/mol. The molecule has 0 atom stereocenters. The lowest BCUT2D eigenvalue weighted by atomic mass is 10.2. The number of para-hydroxylation sites is 1. The molecule has 2 aromatic carbocycles. The van der Waals surface area contributed by atoms with Gasteiger partial charge in [0.15, 0.2) is 5.82 Å². The number of benzene rings is 2. The molecule has 0 aliphatic heterocycles. The molecular weight excluding hydrogens is 352 g/mol. The minimum Gasteiger partial charge on any atom is -0.349 e. The molecule has 1 heterocycles. The van der Waals surface area contributed by atoms with Crippen LogP contribution in [0.5, 0.6) is 0 Å². The lowest BCUT2D eigenvalue weighted by Gasteiger charge is -2.20. The number of rotatable bonds is 6. The average molecular weight is 374 g/mol. The lowest BCUT2D eigenvalue weighted by Crippen LogP contribution is -2.27. The van der Waals surface area contributed by atoms with Gasteiger partial charge in [-0.05, 0) is 50.1 Å². The Morgan fingerprint density at radius 2 is 1.89 bits per heavy atom. The maximum Gasteiger partial charge on any atom is 0.251 e. The van der Waals surface area contributed by atoms with Crippen LogP contribution < -0.4 is 21.5 Å². The molecule has 0 unspecified atom stereocenters. The second-order valence-electron chi connectivity index (χ2n) is 6.83. The third kappa shape index (κ3) is 3.94. The van der Waals surface area contributed by atoms with Gasteiger partial charge in [-0.25, -0.2) is 15.8 Å². The van der Waals surface area contributed by atoms with Crippen molar-refractivity contribution in [1.29, 1.82) is 0 Å². The van der Waals surface area contributed by atoms with Gasteiger partial charge in [0.25, 0.3) is 5.91 Å². The summed E-state index contributed by atoms with van der Waals surface area (Å²) in [6, 6.07) is 17.3. The Bertz CT molecular complexity index is 987. The van der Waals surface area contributed by atoms with E-state index in [2.05, 4.69) is 20.6 Å². The van der Waals surface area contributed by atoms with Crippen molar-refractivity contribution in [1.82, 2.24) is 15.3 Å². The molecule has 4 rings (SSSR count). The number of aromatic nitrogens is 2. The topological polar surface area (TPSA) is 96.2 Å². The second-order valence-corrected chi connectivity index (χ2v) is 6.83. The SMILES string of the molecule is Cc1c(Nc2cccc(C(=O)NC3CC3)c2)ncnc1N(N)c1ccccc1. The maximum atomic E-state index is 12.3. The Balaban J connectivity index is 1.56. The fourth-order valence-corrected chi connectivity index (χ4v) is 2.89. The Kier molecular flexibility index (Phi) is 4.90. The predicted octanol–water partition coefficient (Wildman–Crippen LogP) is 3.43. The summed E-state index contributed by atoms with van der Waals surface area (Å²) in [6.07, 6.45) is 3.59. The molecular formula is C21H22N6O. The fraction of sp³-hybridized carbons (Fsp3) is 0.190. The van der Waals surface area contributed by atoms with Gasteiger partial charge in [-0.2, -0.15) is 0 Å². The molecule has 28 heavy (non-hydrogen) atoms. The molecule has 1 saturated carbocycles. The molecule has 1 aromatic heterocycles. The summed E-state index contributed by atoms with van der Waals surface area (Å²) in [6.45, 7) is 1.91. The molecule has 0 bridgehead atoms. The Labute approximate surface area is 163 Å². The van der Waals surface area contributed by atoms with Crippen LogP contribution in [0.2, 0.25) is 0 Å². The molecule has 0 saturated heterocycles. The quantitative estimate of drug-likeness (QED) is 0.452. The second kappa shape index (κ2) is 7.66. The number of amides is 1. The highest BCUT2D eigenvalue weighted by atomic mass is 16.1. The number of hydrazine groups is 1. The minimum absolute atomic E-state index is 0.0524. The smallest absolute Gasteiger partial charge is 0.251 e. The molecule has 4 N–H and O–H groups in total. The molecule has 7 heteroatoms. The van der Waals surface area contributed by atoms with Gasteiger partial charge in [0.1, 0.15) is 12.1 Å². The normalized spacial score (nSPS) is 13.1. The van der Waals surface area contributed by atoms with E-state index in [1.165, 1.54) is 11.3 Å². The van der Waals surface area contributed by atoms with Crippen molar-refractivity contribution in [3.63, 3.8) is 0 Å². The van der Waals surface area contributed by atoms with E-state index >= 15 is 0 Å². The van der Waals surface area contributed by atoms with Crippen LogP contribution >= 0.6 is 0 Å². The number of anilines is 4. The number of carbonyl (C=O) groups is 1. The summed E-state index contributed by atoms with van der Waals surface area (Å²) in [7, 11) is 0. The number of nitrogens with two attached hydrogens (primary N) is 1. The summed E-state index contributed by atoms with van der Waals surface area (Å²) < 4.78 is 0. The van der Waals surface area contributed by atoms with Gasteiger partial charge in [-0.3, -0.25) is 9.80 Å². The van der Waals surface area contributed by atoms with Gasteiger partial charge < -0.3 is 10.6 Å². The van der Waals surface area contributed by atoms with Gasteiger partial charge in [-0.1, -0.05) is 24.3 Å². The standard InChI is InChI=1S/C21H22N6O/c1-14-19(23-13-24-20(14)27(22)18-8-3-2-4-9-18)25-17-7-5-6-15(12-17)21(28)26-16-10-11-16/h2-9,12-13,16H,10-11,22H2,1H3,(H,26,28)(H,23,24,25). The molecule has 1 aliphatic carbocycles. The first-order chi connectivity index (χ1) is 13.6. The van der Waals surface area contributed by atoms with Crippen LogP contribution in [0, 0.1) is 6.92 Å². The zero-order valence-corrected chi connectivity index (χ0v) is 15.6. The van der Waals surface area contributed by atoms with E-state index in [-0.39, 0.29) is 5.91 Å². The third-order valence-corrected chi connectivity index (χ3v) is 4.62. The van der Waals surface area contributed by atoms with E-state index in [9.17, 15) is 4.79 Å². The molecule has 3 aromatic rings. The summed E-state index contributed by atoms with van der Waals surface area (Å²) >= 11 is 0. The number of carbonyl (C=O) groups excluding carboxylic acids is 1. The Hall–Kier alpha value is -3.45. The van der Waals surface area contributed by atoms with Gasteiger partial charge in [0, 0.05) is 22.9 Å². The van der Waals surface area contributed by atoms with Gasteiger partial charge >= 0.3 is 0 Å². The van der Waals surface area contributed by atoms with Crippen molar-refractivity contribution in [2.45, 2.75) is 25.8 Å². The third-order valence-electron chi connectivity index (χ3n) is 4.62. The van der Waals surface area contributed by atoms with Gasteiger partial charge in [-0.15, -0.1) is 0 Å². The highest BCUT2D eigenvalue weighted by Gasteiger charge is 2.23. The molecule has 1 aliphatic rings. The number of hydrogen-bond donors (Lipinski definition) is 3. The zero-order valence-electron chi connectivity index (χ0n) is 15.6. The van der Waals surface area contributed by atoms with Crippen molar-refractivity contribution >= 4 is 28.9 Å². The largest absolute Gasteiger partial charge is 0.349 e. The number of nitrogens with one attached hydrogen (secondary N) is 2. The van der Waals surface area contributed by atoms with E-state index in [4.69, 9.17) is 5.84 Å². The van der Waals surface area contributed by atoms with E-state index in [1.807, 2.05) is 55.5 Å². The first-order valence-electron chi connectivity index (χ1n) is 9.21. The lowest BCUT2D eigenvalue weighted by molar-refractivity contribution is 0.0951. The number of hydrogen-bond acceptors (Lipinski definition) is 6. The highest BCUT2D eigenvalue weighted by molar-refractivity contribution is 5.95. The first-order valence-corrected chi connectivity index (χ1v) is 9.21. The van der Waals surface area contributed by atoms with Crippen molar-refractivity contribution < 1.29 is 4.79 Å². The monoisotopic (exact) mass is 374 g/mol. The van der Waals surface area contributed by atoms with Crippen LogP contribution in [0.4, 0.5) is 23.0 Å². The summed E-state index contributed by atoms with van der Waals surface area (Å²) in [5.41, 5.74) is 3.03. The van der Waals surface area contributed by atoms with Crippen LogP contribution in [-0.4, -0.2) is 21.9 Å². The average Bonchev–Trinajstić information content (AvgIpc) is 3.54. The summed E-state index contributed by atoms with van der Waals surface area (Å²) in [5.74, 6) is 7.44. The number of nitrogens with zero attached hydrogens (tertiary/aromatic N) is 3. The highest BCUT2D eigenvalue weighted by Crippen LogP contribution is 2.28. The van der Waals surface area contributed by atoms with E-state index in [0.29, 0.717) is 23.2 Å². The first kappa shape index (κ1) is 17.9. The Morgan fingerprint density at radius 3 is 2.64 bits per heavy atom. The zero-order chi connectivity index (χ0) is 19.5. The van der Waals surface area contributed by atoms with Crippen molar-refractivity contribution in [2.75, 3.05) is 10.3 Å². The van der Waals surface area contributed by atoms with E-state index in [0.717, 1.165) is 29.8 Å². The molecule has 142 valence electrons. The molecule has 0 spiro atoms. The van der Waals surface area contributed by atoms with Crippen LogP contribution in [-0.2, 0) is 0 Å². The van der Waals surface area contributed by atoms with Crippen LogP contribution in [0.25, 0.3) is 0 Å². The molecule has 7 nitrogen and oxygen atoms in total. The summed E-state index contributed by atoms with van der Waals surface area (Å²) in [4.78, 5) is 20.9. The van der Waals surface area contributed by atoms with Crippen molar-refractivity contribution in [3.05, 3.63) is 72.1 Å². The van der Waals surface area contributed by atoms with Crippen LogP contribution in [0.1, 0.15) is 28.8 Å². The molecule has 1 amide bonds. The molecule has 0 radical (unpaired) electrons. The van der Waals surface area contributed by atoms with E-state index < -0.39 is 0 Å². The fourth-order valence-electron chi connectivity index (χ4n) is 2.89. The minimum atomic E-state index is -0.0524. The van der Waals surface area contributed by atoms with E-state index in [1.54, 1.807) is 6.07 Å². The maximum absolute atomic E-state index is 12.3. The van der Waals surface area contributed by atoms with Gasteiger partial charge in [0.2, 0.25) is 0 Å². The van der Waals surface area contributed by atoms with Crippen LogP contribution in [0.15, 0.2) is 60.9 Å². The molecule has 1 fully saturated rings. The van der Waals surface area contributed by atoms with Crippen molar-refractivity contribution in [2.24, 2.45) is 5.84 Å². The van der Waals surface area contributed by atoms with Crippen LogP contribution in [0.3, 0.4) is 0 Å². The van der Waals surface area contributed by atoms with Crippen molar-refractivity contribution in [3.8, 4) is 0 Å². The summed E-state index contributed by atoms with van der Waals surface area (Å²) in [5, 5.41) is 7.80.